The summed E-state index contributed by atoms with van der Waals surface area (Å²) in [6.45, 7) is 6.58. The lowest BCUT2D eigenvalue weighted by atomic mass is 10.2. The van der Waals surface area contributed by atoms with Crippen molar-refractivity contribution in [3.63, 3.8) is 0 Å². The molecule has 0 aromatic carbocycles. The molecule has 1 atom stereocenters. The molecule has 4 heteroatoms. The molecule has 0 aliphatic carbocycles. The molecule has 1 rings (SSSR count). The number of ether oxygens (including phenoxy) is 1. The third-order valence-corrected chi connectivity index (χ3v) is 2.54. The summed E-state index contributed by atoms with van der Waals surface area (Å²) in [5, 5.41) is 0. The zero-order valence-electron chi connectivity index (χ0n) is 9.49. The molecule has 82 valence electrons. The van der Waals surface area contributed by atoms with Crippen LogP contribution in [0, 0.1) is 0 Å². The first-order chi connectivity index (χ1) is 6.52. The number of likely N-dealkylation sites (N-methyl/N-ethyl adjacent to an activating group) is 1. The molecule has 0 aromatic heterocycles. The SMILES string of the molecule is CC(C)N1CCOC(C(=O)N(C)C)C1. The molecule has 1 aliphatic heterocycles. The van der Waals surface area contributed by atoms with Crippen molar-refractivity contribution in [2.45, 2.75) is 26.0 Å². The number of rotatable bonds is 2. The van der Waals surface area contributed by atoms with Gasteiger partial charge in [0.25, 0.3) is 5.91 Å². The molecule has 1 amide bonds. The Morgan fingerprint density at radius 2 is 2.14 bits per heavy atom. The van der Waals surface area contributed by atoms with Crippen molar-refractivity contribution in [3.8, 4) is 0 Å². The molecule has 1 heterocycles. The second kappa shape index (κ2) is 4.75. The van der Waals surface area contributed by atoms with Crippen molar-refractivity contribution in [1.29, 1.82) is 0 Å². The molecule has 1 saturated heterocycles. The standard InChI is InChI=1S/C10H20N2O2/c1-8(2)12-5-6-14-9(7-12)10(13)11(3)4/h8-9H,5-7H2,1-4H3. The van der Waals surface area contributed by atoms with Gasteiger partial charge >= 0.3 is 0 Å². The minimum absolute atomic E-state index is 0.0651. The van der Waals surface area contributed by atoms with Crippen LogP contribution >= 0.6 is 0 Å². The van der Waals surface area contributed by atoms with Crippen LogP contribution in [0.5, 0.6) is 0 Å². The van der Waals surface area contributed by atoms with Crippen molar-refractivity contribution in [2.24, 2.45) is 0 Å². The summed E-state index contributed by atoms with van der Waals surface area (Å²) in [5.74, 6) is 0.0651. The van der Waals surface area contributed by atoms with Crippen LogP contribution in [0.25, 0.3) is 0 Å². The first-order valence-corrected chi connectivity index (χ1v) is 5.09. The fourth-order valence-corrected chi connectivity index (χ4v) is 1.58. The number of amides is 1. The minimum atomic E-state index is -0.277. The van der Waals surface area contributed by atoms with E-state index in [4.69, 9.17) is 4.74 Å². The van der Waals surface area contributed by atoms with Crippen LogP contribution in [-0.4, -0.2) is 61.6 Å². The van der Waals surface area contributed by atoms with E-state index >= 15 is 0 Å². The van der Waals surface area contributed by atoms with Gasteiger partial charge in [-0.05, 0) is 13.8 Å². The van der Waals surface area contributed by atoms with Crippen LogP contribution in [0.15, 0.2) is 0 Å². The third kappa shape index (κ3) is 2.69. The van der Waals surface area contributed by atoms with Crippen molar-refractivity contribution < 1.29 is 9.53 Å². The van der Waals surface area contributed by atoms with E-state index in [1.165, 1.54) is 0 Å². The molecule has 1 fully saturated rings. The molecule has 14 heavy (non-hydrogen) atoms. The third-order valence-electron chi connectivity index (χ3n) is 2.54. The molecule has 0 spiro atoms. The van der Waals surface area contributed by atoms with Crippen LogP contribution in [0.2, 0.25) is 0 Å². The zero-order chi connectivity index (χ0) is 10.7. The van der Waals surface area contributed by atoms with Gasteiger partial charge in [0.2, 0.25) is 0 Å². The minimum Gasteiger partial charge on any atom is -0.366 e. The van der Waals surface area contributed by atoms with Crippen LogP contribution < -0.4 is 0 Å². The lowest BCUT2D eigenvalue weighted by molar-refractivity contribution is -0.147. The molecule has 0 radical (unpaired) electrons. The summed E-state index contributed by atoms with van der Waals surface area (Å²) < 4.78 is 5.45. The first kappa shape index (κ1) is 11.5. The van der Waals surface area contributed by atoms with E-state index in [9.17, 15) is 4.79 Å². The second-order valence-corrected chi connectivity index (χ2v) is 4.18. The van der Waals surface area contributed by atoms with Gasteiger partial charge in [0.05, 0.1) is 6.61 Å². The largest absolute Gasteiger partial charge is 0.366 e. The zero-order valence-corrected chi connectivity index (χ0v) is 9.49. The van der Waals surface area contributed by atoms with Gasteiger partial charge in [-0.1, -0.05) is 0 Å². The van der Waals surface area contributed by atoms with Crippen LogP contribution in [0.4, 0.5) is 0 Å². The Morgan fingerprint density at radius 3 is 2.64 bits per heavy atom. The highest BCUT2D eigenvalue weighted by atomic mass is 16.5. The molecule has 0 bridgehead atoms. The highest BCUT2D eigenvalue weighted by Crippen LogP contribution is 2.09. The number of nitrogens with zero attached hydrogens (tertiary/aromatic N) is 2. The Labute approximate surface area is 85.8 Å². The van der Waals surface area contributed by atoms with E-state index in [2.05, 4.69) is 18.7 Å². The van der Waals surface area contributed by atoms with Crippen LogP contribution in [-0.2, 0) is 9.53 Å². The monoisotopic (exact) mass is 200 g/mol. The highest BCUT2D eigenvalue weighted by molar-refractivity contribution is 5.80. The summed E-state index contributed by atoms with van der Waals surface area (Å²) in [6.07, 6.45) is -0.277. The van der Waals surface area contributed by atoms with Gasteiger partial charge in [0, 0.05) is 33.2 Å². The van der Waals surface area contributed by atoms with Crippen LogP contribution in [0.1, 0.15) is 13.8 Å². The van der Waals surface area contributed by atoms with E-state index in [0.717, 1.165) is 6.54 Å². The molecule has 1 unspecified atom stereocenters. The first-order valence-electron chi connectivity index (χ1n) is 5.09. The highest BCUT2D eigenvalue weighted by Gasteiger charge is 2.28. The van der Waals surface area contributed by atoms with Gasteiger partial charge in [-0.2, -0.15) is 0 Å². The van der Waals surface area contributed by atoms with E-state index < -0.39 is 0 Å². The Morgan fingerprint density at radius 1 is 1.50 bits per heavy atom. The average Bonchev–Trinajstić information content (AvgIpc) is 2.16. The van der Waals surface area contributed by atoms with Crippen molar-refractivity contribution in [2.75, 3.05) is 33.8 Å². The molecule has 0 saturated carbocycles. The fourth-order valence-electron chi connectivity index (χ4n) is 1.58. The predicted molar refractivity (Wildman–Crippen MR) is 55.1 cm³/mol. The van der Waals surface area contributed by atoms with Gasteiger partial charge in [0.1, 0.15) is 6.10 Å². The molecule has 4 nitrogen and oxygen atoms in total. The summed E-state index contributed by atoms with van der Waals surface area (Å²) in [7, 11) is 3.53. The molecule has 0 aromatic rings. The van der Waals surface area contributed by atoms with Gasteiger partial charge in [0.15, 0.2) is 0 Å². The molecule has 1 aliphatic rings. The van der Waals surface area contributed by atoms with Crippen molar-refractivity contribution in [1.82, 2.24) is 9.80 Å². The van der Waals surface area contributed by atoms with Crippen molar-refractivity contribution >= 4 is 5.91 Å². The summed E-state index contributed by atoms with van der Waals surface area (Å²) in [4.78, 5) is 15.5. The van der Waals surface area contributed by atoms with Gasteiger partial charge in [-0.25, -0.2) is 0 Å². The quantitative estimate of drug-likeness (QED) is 0.637. The summed E-state index contributed by atoms with van der Waals surface area (Å²) in [5.41, 5.74) is 0. The van der Waals surface area contributed by atoms with E-state index in [0.29, 0.717) is 19.2 Å². The Hall–Kier alpha value is -0.610. The maximum atomic E-state index is 11.6. The maximum absolute atomic E-state index is 11.6. The number of hydrogen-bond donors (Lipinski definition) is 0. The van der Waals surface area contributed by atoms with E-state index in [-0.39, 0.29) is 12.0 Å². The Balaban J connectivity index is 2.51. The lowest BCUT2D eigenvalue weighted by Crippen LogP contribution is -2.51. The normalized spacial score (nSPS) is 23.9. The van der Waals surface area contributed by atoms with Gasteiger partial charge < -0.3 is 9.64 Å². The van der Waals surface area contributed by atoms with Crippen LogP contribution in [0.3, 0.4) is 0 Å². The molecular formula is C10H20N2O2. The van der Waals surface area contributed by atoms with Gasteiger partial charge in [-0.3, -0.25) is 9.69 Å². The Kier molecular flexibility index (Phi) is 3.89. The number of morpholine rings is 1. The number of carbonyl (C=O) groups excluding carboxylic acids is 1. The maximum Gasteiger partial charge on any atom is 0.252 e. The lowest BCUT2D eigenvalue weighted by Gasteiger charge is -2.35. The summed E-state index contributed by atoms with van der Waals surface area (Å²) >= 11 is 0. The molecule has 0 N–H and O–H groups in total. The predicted octanol–water partition coefficient (Wildman–Crippen LogP) is 0.184. The average molecular weight is 200 g/mol. The topological polar surface area (TPSA) is 32.8 Å². The van der Waals surface area contributed by atoms with E-state index in [1.54, 1.807) is 19.0 Å². The smallest absolute Gasteiger partial charge is 0.252 e. The molecular weight excluding hydrogens is 180 g/mol. The second-order valence-electron chi connectivity index (χ2n) is 4.18. The fraction of sp³-hybridized carbons (Fsp3) is 0.900. The number of hydrogen-bond acceptors (Lipinski definition) is 3. The number of carbonyl (C=O) groups is 1. The van der Waals surface area contributed by atoms with E-state index in [1.807, 2.05) is 0 Å². The Bertz CT molecular complexity index is 204. The summed E-state index contributed by atoms with van der Waals surface area (Å²) in [6, 6.07) is 0.483. The van der Waals surface area contributed by atoms with Gasteiger partial charge in [-0.15, -0.1) is 0 Å². The van der Waals surface area contributed by atoms with Crippen molar-refractivity contribution in [3.05, 3.63) is 0 Å².